The largest absolute Gasteiger partial charge is 0.388 e. The van der Waals surface area contributed by atoms with Gasteiger partial charge in [0.15, 0.2) is 0 Å². The van der Waals surface area contributed by atoms with Gasteiger partial charge in [0.1, 0.15) is 0 Å². The summed E-state index contributed by atoms with van der Waals surface area (Å²) in [6.07, 6.45) is 3.63. The molecular formula is C10H21NO. The Hall–Kier alpha value is -0.340. The Morgan fingerprint density at radius 3 is 2.33 bits per heavy atom. The van der Waals surface area contributed by atoms with Crippen LogP contribution in [-0.2, 0) is 0 Å². The lowest BCUT2D eigenvalue weighted by Gasteiger charge is -2.29. The average molecular weight is 171 g/mol. The molecule has 1 rings (SSSR count). The van der Waals surface area contributed by atoms with E-state index in [1.165, 1.54) is 0 Å². The lowest BCUT2D eigenvalue weighted by Crippen LogP contribution is -2.39. The molecule has 72 valence electrons. The van der Waals surface area contributed by atoms with Crippen molar-refractivity contribution in [2.24, 2.45) is 0 Å². The average Bonchev–Trinajstić information content (AvgIpc) is 2.08. The van der Waals surface area contributed by atoms with Crippen LogP contribution >= 0.6 is 0 Å². The second-order valence-corrected chi connectivity index (χ2v) is 3.04. The van der Waals surface area contributed by atoms with Crippen molar-refractivity contribution in [2.45, 2.75) is 39.8 Å². The molecule has 1 heterocycles. The molecule has 2 nitrogen and oxygen atoms in total. The summed E-state index contributed by atoms with van der Waals surface area (Å²) >= 11 is 0. The van der Waals surface area contributed by atoms with E-state index >= 15 is 0 Å². The van der Waals surface area contributed by atoms with Crippen LogP contribution in [-0.4, -0.2) is 35.2 Å². The third-order valence-corrected chi connectivity index (χ3v) is 1.85. The Bertz CT molecular complexity index is 132. The first-order valence-corrected chi connectivity index (χ1v) is 4.79. The smallest absolute Gasteiger partial charge is 0.0848 e. The molecule has 0 amide bonds. The van der Waals surface area contributed by atoms with Gasteiger partial charge in [0.25, 0.3) is 0 Å². The highest BCUT2D eigenvalue weighted by molar-refractivity contribution is 4.97. The number of hydrogen-bond donors (Lipinski definition) is 1. The SMILES string of the molecule is CC.CC(C)N1CC=CC(O)C1. The van der Waals surface area contributed by atoms with E-state index in [0.717, 1.165) is 13.1 Å². The maximum Gasteiger partial charge on any atom is 0.0848 e. The molecule has 0 aliphatic carbocycles. The lowest BCUT2D eigenvalue weighted by molar-refractivity contribution is 0.124. The quantitative estimate of drug-likeness (QED) is 0.606. The van der Waals surface area contributed by atoms with Crippen LogP contribution in [0.5, 0.6) is 0 Å². The zero-order valence-corrected chi connectivity index (χ0v) is 8.62. The van der Waals surface area contributed by atoms with Crippen molar-refractivity contribution in [3.8, 4) is 0 Å². The highest BCUT2D eigenvalue weighted by Gasteiger charge is 2.14. The summed E-state index contributed by atoms with van der Waals surface area (Å²) in [6, 6.07) is 0.541. The normalized spacial score (nSPS) is 23.7. The Labute approximate surface area is 75.9 Å². The monoisotopic (exact) mass is 171 g/mol. The zero-order valence-electron chi connectivity index (χ0n) is 8.62. The molecule has 1 aliphatic rings. The van der Waals surface area contributed by atoms with Crippen molar-refractivity contribution in [1.82, 2.24) is 4.90 Å². The minimum Gasteiger partial charge on any atom is -0.388 e. The second kappa shape index (κ2) is 6.21. The van der Waals surface area contributed by atoms with E-state index < -0.39 is 0 Å². The molecule has 0 aromatic heterocycles. The molecule has 12 heavy (non-hydrogen) atoms. The molecule has 0 fully saturated rings. The Balaban J connectivity index is 0.000000561. The molecule has 0 radical (unpaired) electrons. The van der Waals surface area contributed by atoms with E-state index in [9.17, 15) is 5.11 Å². The molecule has 0 saturated heterocycles. The molecule has 1 N–H and O–H groups in total. The Morgan fingerprint density at radius 1 is 1.42 bits per heavy atom. The number of aliphatic hydroxyl groups excluding tert-OH is 1. The predicted molar refractivity (Wildman–Crippen MR) is 53.2 cm³/mol. The van der Waals surface area contributed by atoms with Gasteiger partial charge in [0.05, 0.1) is 6.10 Å². The predicted octanol–water partition coefficient (Wildman–Crippen LogP) is 1.65. The maximum absolute atomic E-state index is 9.20. The first kappa shape index (κ1) is 11.7. The van der Waals surface area contributed by atoms with E-state index in [1.54, 1.807) is 0 Å². The van der Waals surface area contributed by atoms with Gasteiger partial charge in [0, 0.05) is 19.1 Å². The number of β-amino-alcohol motifs (C(OH)–C–C–N with tert-alkyl or cyclic N) is 1. The van der Waals surface area contributed by atoms with Crippen LogP contribution in [0.1, 0.15) is 27.7 Å². The standard InChI is InChI=1S/C8H15NO.C2H6/c1-7(2)9-5-3-4-8(10)6-9;1-2/h3-4,7-8,10H,5-6H2,1-2H3;1-2H3. The van der Waals surface area contributed by atoms with Crippen LogP contribution in [0.3, 0.4) is 0 Å². The molecule has 1 unspecified atom stereocenters. The van der Waals surface area contributed by atoms with Crippen LogP contribution in [0.25, 0.3) is 0 Å². The molecule has 0 spiro atoms. The topological polar surface area (TPSA) is 23.5 Å². The van der Waals surface area contributed by atoms with E-state index in [2.05, 4.69) is 18.7 Å². The molecule has 0 aromatic carbocycles. The van der Waals surface area contributed by atoms with Crippen LogP contribution in [0.2, 0.25) is 0 Å². The van der Waals surface area contributed by atoms with Crippen LogP contribution in [0.4, 0.5) is 0 Å². The van der Waals surface area contributed by atoms with Crippen molar-refractivity contribution < 1.29 is 5.11 Å². The summed E-state index contributed by atoms with van der Waals surface area (Å²) in [5.41, 5.74) is 0. The fraction of sp³-hybridized carbons (Fsp3) is 0.800. The van der Waals surface area contributed by atoms with E-state index in [-0.39, 0.29) is 6.10 Å². The van der Waals surface area contributed by atoms with Gasteiger partial charge < -0.3 is 5.11 Å². The fourth-order valence-electron chi connectivity index (χ4n) is 1.15. The Morgan fingerprint density at radius 2 is 2.00 bits per heavy atom. The Kier molecular flexibility index (Phi) is 6.03. The van der Waals surface area contributed by atoms with Gasteiger partial charge in [0.2, 0.25) is 0 Å². The van der Waals surface area contributed by atoms with Crippen molar-refractivity contribution in [1.29, 1.82) is 0 Å². The molecule has 0 saturated carbocycles. The summed E-state index contributed by atoms with van der Waals surface area (Å²) in [5.74, 6) is 0. The van der Waals surface area contributed by atoms with E-state index in [4.69, 9.17) is 0 Å². The summed E-state index contributed by atoms with van der Waals surface area (Å²) in [5, 5.41) is 9.20. The second-order valence-electron chi connectivity index (χ2n) is 3.04. The van der Waals surface area contributed by atoms with E-state index in [1.807, 2.05) is 26.0 Å². The lowest BCUT2D eigenvalue weighted by atomic mass is 10.2. The number of nitrogens with zero attached hydrogens (tertiary/aromatic N) is 1. The number of hydrogen-bond acceptors (Lipinski definition) is 2. The molecule has 0 aromatic rings. The van der Waals surface area contributed by atoms with Gasteiger partial charge in [-0.2, -0.15) is 0 Å². The highest BCUT2D eigenvalue weighted by atomic mass is 16.3. The number of rotatable bonds is 1. The van der Waals surface area contributed by atoms with Gasteiger partial charge in [-0.1, -0.05) is 26.0 Å². The minimum absolute atomic E-state index is 0.254. The molecular weight excluding hydrogens is 150 g/mol. The molecule has 1 atom stereocenters. The first-order valence-electron chi connectivity index (χ1n) is 4.79. The van der Waals surface area contributed by atoms with Gasteiger partial charge >= 0.3 is 0 Å². The van der Waals surface area contributed by atoms with Crippen LogP contribution in [0, 0.1) is 0 Å². The summed E-state index contributed by atoms with van der Waals surface area (Å²) < 4.78 is 0. The summed E-state index contributed by atoms with van der Waals surface area (Å²) in [6.45, 7) is 10.1. The maximum atomic E-state index is 9.20. The fourth-order valence-corrected chi connectivity index (χ4v) is 1.15. The minimum atomic E-state index is -0.254. The van der Waals surface area contributed by atoms with Gasteiger partial charge in [-0.25, -0.2) is 0 Å². The summed E-state index contributed by atoms with van der Waals surface area (Å²) in [4.78, 5) is 2.24. The van der Waals surface area contributed by atoms with Crippen molar-refractivity contribution in [3.05, 3.63) is 12.2 Å². The third-order valence-electron chi connectivity index (χ3n) is 1.85. The summed E-state index contributed by atoms with van der Waals surface area (Å²) in [7, 11) is 0. The molecule has 1 aliphatic heterocycles. The van der Waals surface area contributed by atoms with Crippen molar-refractivity contribution >= 4 is 0 Å². The number of aliphatic hydroxyl groups is 1. The molecule has 0 bridgehead atoms. The van der Waals surface area contributed by atoms with Gasteiger partial charge in [-0.3, -0.25) is 4.90 Å². The van der Waals surface area contributed by atoms with Crippen LogP contribution in [0.15, 0.2) is 12.2 Å². The van der Waals surface area contributed by atoms with Gasteiger partial charge in [-0.05, 0) is 13.8 Å². The van der Waals surface area contributed by atoms with Crippen molar-refractivity contribution in [3.63, 3.8) is 0 Å². The van der Waals surface area contributed by atoms with Crippen LogP contribution < -0.4 is 0 Å². The van der Waals surface area contributed by atoms with E-state index in [0.29, 0.717) is 6.04 Å². The van der Waals surface area contributed by atoms with Crippen molar-refractivity contribution in [2.75, 3.05) is 13.1 Å². The highest BCUT2D eigenvalue weighted by Crippen LogP contribution is 2.05. The van der Waals surface area contributed by atoms with Gasteiger partial charge in [-0.15, -0.1) is 0 Å². The third kappa shape index (κ3) is 3.88. The zero-order chi connectivity index (χ0) is 9.56. The molecule has 2 heteroatoms. The first-order chi connectivity index (χ1) is 5.70.